The predicted octanol–water partition coefficient (Wildman–Crippen LogP) is 2.24. The molecule has 96 valence electrons. The highest BCUT2D eigenvalue weighted by Crippen LogP contribution is 2.46. The van der Waals surface area contributed by atoms with Crippen molar-refractivity contribution >= 4 is 12.4 Å². The Bertz CT molecular complexity index is 368. The van der Waals surface area contributed by atoms with E-state index in [0.29, 0.717) is 17.4 Å². The zero-order valence-corrected chi connectivity index (χ0v) is 10.8. The molecule has 1 aliphatic rings. The Hall–Kier alpha value is -1.13. The molecule has 0 radical (unpaired) electrons. The van der Waals surface area contributed by atoms with E-state index in [4.69, 9.17) is 15.2 Å². The lowest BCUT2D eigenvalue weighted by atomic mass is 10.0. The maximum Gasteiger partial charge on any atom is 0.131 e. The van der Waals surface area contributed by atoms with Crippen molar-refractivity contribution in [3.05, 3.63) is 17.7 Å². The molecule has 1 aromatic rings. The van der Waals surface area contributed by atoms with E-state index in [2.05, 4.69) is 0 Å². The molecule has 0 aromatic heterocycles. The van der Waals surface area contributed by atoms with E-state index in [1.54, 1.807) is 26.4 Å². The van der Waals surface area contributed by atoms with Crippen molar-refractivity contribution in [1.82, 2.24) is 0 Å². The first-order chi connectivity index (χ1) is 7.67. The smallest absolute Gasteiger partial charge is 0.131 e. The van der Waals surface area contributed by atoms with Crippen LogP contribution in [0.15, 0.2) is 12.1 Å². The van der Waals surface area contributed by atoms with Crippen LogP contribution in [0.5, 0.6) is 17.2 Å². The van der Waals surface area contributed by atoms with Gasteiger partial charge in [-0.1, -0.05) is 0 Å². The Labute approximate surface area is 107 Å². The summed E-state index contributed by atoms with van der Waals surface area (Å²) in [4.78, 5) is 0. The Kier molecular flexibility index (Phi) is 4.48. The van der Waals surface area contributed by atoms with Crippen molar-refractivity contribution in [3.63, 3.8) is 0 Å². The molecular weight excluding hydrogens is 242 g/mol. The molecule has 0 aliphatic heterocycles. The lowest BCUT2D eigenvalue weighted by Gasteiger charge is -2.18. The maximum atomic E-state index is 9.52. The minimum absolute atomic E-state index is 0. The Morgan fingerprint density at radius 2 is 1.71 bits per heavy atom. The lowest BCUT2D eigenvalue weighted by Crippen LogP contribution is -2.14. The second-order valence-corrected chi connectivity index (χ2v) is 4.13. The van der Waals surface area contributed by atoms with Gasteiger partial charge in [0.1, 0.15) is 17.2 Å². The SMILES string of the molecule is COc1cc(O)cc(OC)c1[C@H](N)C1CC1.Cl. The van der Waals surface area contributed by atoms with Gasteiger partial charge in [-0.05, 0) is 18.8 Å². The molecule has 5 heteroatoms. The third kappa shape index (κ3) is 2.76. The molecular formula is C12H18ClNO3. The Balaban J connectivity index is 0.00000144. The average Bonchev–Trinajstić information content (AvgIpc) is 3.10. The summed E-state index contributed by atoms with van der Waals surface area (Å²) in [7, 11) is 3.13. The van der Waals surface area contributed by atoms with E-state index in [1.165, 1.54) is 0 Å². The normalized spacial score (nSPS) is 15.9. The van der Waals surface area contributed by atoms with Crippen LogP contribution < -0.4 is 15.2 Å². The number of nitrogens with two attached hydrogens (primary N) is 1. The van der Waals surface area contributed by atoms with Gasteiger partial charge in [0, 0.05) is 18.2 Å². The van der Waals surface area contributed by atoms with Crippen molar-refractivity contribution in [3.8, 4) is 17.2 Å². The fraction of sp³-hybridized carbons (Fsp3) is 0.500. The second-order valence-electron chi connectivity index (χ2n) is 4.13. The summed E-state index contributed by atoms with van der Waals surface area (Å²) in [6.45, 7) is 0. The van der Waals surface area contributed by atoms with Crippen LogP contribution in [0.3, 0.4) is 0 Å². The van der Waals surface area contributed by atoms with Gasteiger partial charge in [-0.3, -0.25) is 0 Å². The summed E-state index contributed by atoms with van der Waals surface area (Å²) in [6.07, 6.45) is 2.29. The number of aromatic hydroxyl groups is 1. The first-order valence-electron chi connectivity index (χ1n) is 5.37. The highest BCUT2D eigenvalue weighted by molar-refractivity contribution is 5.85. The fourth-order valence-corrected chi connectivity index (χ4v) is 1.94. The molecule has 0 spiro atoms. The van der Waals surface area contributed by atoms with Gasteiger partial charge in [0.05, 0.1) is 19.8 Å². The van der Waals surface area contributed by atoms with Crippen LogP contribution in [0.2, 0.25) is 0 Å². The van der Waals surface area contributed by atoms with Gasteiger partial charge >= 0.3 is 0 Å². The fourth-order valence-electron chi connectivity index (χ4n) is 1.94. The number of hydrogen-bond acceptors (Lipinski definition) is 4. The number of ether oxygens (including phenoxy) is 2. The van der Waals surface area contributed by atoms with Gasteiger partial charge in [-0.25, -0.2) is 0 Å². The molecule has 3 N–H and O–H groups in total. The van der Waals surface area contributed by atoms with Gasteiger partial charge in [0.15, 0.2) is 0 Å². The summed E-state index contributed by atoms with van der Waals surface area (Å²) in [5.74, 6) is 1.82. The van der Waals surface area contributed by atoms with Crippen molar-refractivity contribution in [2.75, 3.05) is 14.2 Å². The molecule has 4 nitrogen and oxygen atoms in total. The van der Waals surface area contributed by atoms with Crippen LogP contribution in [0.1, 0.15) is 24.4 Å². The van der Waals surface area contributed by atoms with Crippen LogP contribution >= 0.6 is 12.4 Å². The summed E-state index contributed by atoms with van der Waals surface area (Å²) >= 11 is 0. The van der Waals surface area contributed by atoms with Crippen LogP contribution in [-0.4, -0.2) is 19.3 Å². The van der Waals surface area contributed by atoms with E-state index >= 15 is 0 Å². The van der Waals surface area contributed by atoms with Crippen LogP contribution in [-0.2, 0) is 0 Å². The molecule has 1 saturated carbocycles. The maximum absolute atomic E-state index is 9.52. The number of benzene rings is 1. The molecule has 0 amide bonds. The lowest BCUT2D eigenvalue weighted by molar-refractivity contribution is 0.367. The van der Waals surface area contributed by atoms with Gasteiger partial charge in [-0.15, -0.1) is 12.4 Å². The zero-order chi connectivity index (χ0) is 11.7. The van der Waals surface area contributed by atoms with Gasteiger partial charge < -0.3 is 20.3 Å². The first kappa shape index (κ1) is 13.9. The molecule has 0 saturated heterocycles. The molecule has 2 rings (SSSR count). The first-order valence-corrected chi connectivity index (χ1v) is 5.37. The van der Waals surface area contributed by atoms with Crippen LogP contribution in [0, 0.1) is 5.92 Å². The topological polar surface area (TPSA) is 64.7 Å². The van der Waals surface area contributed by atoms with E-state index in [1.807, 2.05) is 0 Å². The zero-order valence-electron chi connectivity index (χ0n) is 9.97. The van der Waals surface area contributed by atoms with Crippen LogP contribution in [0.4, 0.5) is 0 Å². The Morgan fingerprint density at radius 1 is 1.24 bits per heavy atom. The quantitative estimate of drug-likeness (QED) is 0.870. The number of hydrogen-bond donors (Lipinski definition) is 2. The third-order valence-electron chi connectivity index (χ3n) is 2.99. The molecule has 1 fully saturated rings. The number of rotatable bonds is 4. The summed E-state index contributed by atoms with van der Waals surface area (Å²) in [5, 5.41) is 9.52. The molecule has 0 heterocycles. The van der Waals surface area contributed by atoms with Crippen molar-refractivity contribution in [2.45, 2.75) is 18.9 Å². The summed E-state index contributed by atoms with van der Waals surface area (Å²) in [6, 6.07) is 3.06. The number of halogens is 1. The summed E-state index contributed by atoms with van der Waals surface area (Å²) in [5.41, 5.74) is 7.01. The molecule has 1 aliphatic carbocycles. The highest BCUT2D eigenvalue weighted by Gasteiger charge is 2.33. The molecule has 1 atom stereocenters. The predicted molar refractivity (Wildman–Crippen MR) is 68.1 cm³/mol. The van der Waals surface area contributed by atoms with E-state index in [9.17, 15) is 5.11 Å². The van der Waals surface area contributed by atoms with Gasteiger partial charge in [0.2, 0.25) is 0 Å². The Morgan fingerprint density at radius 3 is 2.06 bits per heavy atom. The van der Waals surface area contributed by atoms with E-state index in [-0.39, 0.29) is 24.2 Å². The largest absolute Gasteiger partial charge is 0.508 e. The van der Waals surface area contributed by atoms with Crippen LogP contribution in [0.25, 0.3) is 0 Å². The van der Waals surface area contributed by atoms with E-state index in [0.717, 1.165) is 18.4 Å². The monoisotopic (exact) mass is 259 g/mol. The molecule has 17 heavy (non-hydrogen) atoms. The van der Waals surface area contributed by atoms with Crippen molar-refractivity contribution < 1.29 is 14.6 Å². The van der Waals surface area contributed by atoms with Gasteiger partial charge in [0.25, 0.3) is 0 Å². The molecule has 0 bridgehead atoms. The van der Waals surface area contributed by atoms with Gasteiger partial charge in [-0.2, -0.15) is 0 Å². The minimum Gasteiger partial charge on any atom is -0.508 e. The molecule has 1 aromatic carbocycles. The number of phenols is 1. The van der Waals surface area contributed by atoms with Crippen molar-refractivity contribution in [1.29, 1.82) is 0 Å². The number of methoxy groups -OCH3 is 2. The molecule has 0 unspecified atom stereocenters. The standard InChI is InChI=1S/C12H17NO3.ClH/c1-15-9-5-8(14)6-10(16-2)11(9)12(13)7-3-4-7;/h5-7,12,14H,3-4,13H2,1-2H3;1H/t12-;/m1./s1. The highest BCUT2D eigenvalue weighted by atomic mass is 35.5. The third-order valence-corrected chi connectivity index (χ3v) is 2.99. The van der Waals surface area contributed by atoms with E-state index < -0.39 is 0 Å². The average molecular weight is 260 g/mol. The number of phenolic OH excluding ortho intramolecular Hbond substituents is 1. The van der Waals surface area contributed by atoms with Crippen molar-refractivity contribution in [2.24, 2.45) is 11.7 Å². The minimum atomic E-state index is -0.0782. The second kappa shape index (κ2) is 5.47. The summed E-state index contributed by atoms with van der Waals surface area (Å²) < 4.78 is 10.5.